The highest BCUT2D eigenvalue weighted by Crippen LogP contribution is 2.54. The molecule has 0 saturated carbocycles. The van der Waals surface area contributed by atoms with Gasteiger partial charge in [-0.15, -0.1) is 0 Å². The van der Waals surface area contributed by atoms with E-state index in [1.165, 1.54) is 34.4 Å². The largest absolute Gasteiger partial charge is 0.368 e. The number of aryl methyl sites for hydroxylation is 1. The number of alkyl halides is 2. The third kappa shape index (κ3) is 6.45. The average Bonchev–Trinajstić information content (AvgIpc) is 3.83. The van der Waals surface area contributed by atoms with E-state index in [0.29, 0.717) is 54.0 Å². The minimum Gasteiger partial charge on any atom is -0.368 e. The third-order valence-electron chi connectivity index (χ3n) is 8.51. The highest BCUT2D eigenvalue weighted by atomic mass is 32.5. The number of fused-ring (bicyclic) bond motifs is 11. The molecule has 10 atom stereocenters. The van der Waals surface area contributed by atoms with Crippen LogP contribution < -0.4 is 5.32 Å². The summed E-state index contributed by atoms with van der Waals surface area (Å²) >= 11 is 10.5. The first-order chi connectivity index (χ1) is 23.6. The standard InChI is InChI=1S/C26H29F2N9O8P2S2/c27-16-20-14-7-40-47(39,49)45-21-15(8-41-46(38,48)44-20)43-26(17(21)28)37-12-35-19-22(31-10-33-24(19)37)29-6-4-2-1-3-5-13-18-23(32-9-30-13)36(11-34-18)25(16)42-14/h1-2,9-12,14-17,20-21,25-26H,3-8H2,(H,38,48)(H,39,49)(H,29,31,33)/b2-1+/t14-,15-,16-,17-,20-,21-,25-,26?,46?,47?/m1/s1. The van der Waals surface area contributed by atoms with Crippen LogP contribution in [0.4, 0.5) is 14.6 Å². The number of hydrogen-bond donors (Lipinski definition) is 3. The number of hydrogen-bond acceptors (Lipinski definition) is 15. The molecule has 0 aromatic carbocycles. The quantitative estimate of drug-likeness (QED) is 0.175. The van der Waals surface area contributed by atoms with Crippen LogP contribution in [0.1, 0.15) is 31.0 Å². The van der Waals surface area contributed by atoms with Gasteiger partial charge in [0, 0.05) is 6.54 Å². The molecular formula is C26H29F2N9O8P2S2. The molecular weight excluding hydrogens is 730 g/mol. The smallest absolute Gasteiger partial charge is 0.325 e. The zero-order valence-corrected chi connectivity index (χ0v) is 28.6. The maximum atomic E-state index is 16.3. The molecule has 49 heavy (non-hydrogen) atoms. The van der Waals surface area contributed by atoms with Gasteiger partial charge in [-0.2, -0.15) is 0 Å². The van der Waals surface area contributed by atoms with E-state index < -0.39 is 75.9 Å². The topological polar surface area (TPSA) is 195 Å². The van der Waals surface area contributed by atoms with Gasteiger partial charge in [-0.05, 0) is 42.9 Å². The van der Waals surface area contributed by atoms with Gasteiger partial charge in [0.15, 0.2) is 47.4 Å². The average molecular weight is 760 g/mol. The SMILES string of the molecule is OP1(=S)OC[C@H]2O[C@@H]3[C@H](F)[C@@H]2OP(O)(=S)OC[C@H]2OC([C@H](F)[C@@H]2O1)n1cnc2c(ncnc21)NCC/C=C/CCc1ncnc2c1ncn23. The molecule has 3 saturated heterocycles. The van der Waals surface area contributed by atoms with Crippen LogP contribution >= 0.6 is 13.4 Å². The lowest BCUT2D eigenvalue weighted by Gasteiger charge is -2.29. The highest BCUT2D eigenvalue weighted by Gasteiger charge is 2.53. The number of anilines is 1. The lowest BCUT2D eigenvalue weighted by atomic mass is 10.1. The van der Waals surface area contributed by atoms with Crippen molar-refractivity contribution in [2.24, 2.45) is 0 Å². The second kappa shape index (κ2) is 13.2. The van der Waals surface area contributed by atoms with Crippen LogP contribution in [0.2, 0.25) is 0 Å². The minimum atomic E-state index is -4.23. The predicted molar refractivity (Wildman–Crippen MR) is 173 cm³/mol. The Morgan fingerprint density at radius 1 is 0.755 bits per heavy atom. The molecule has 3 N–H and O–H groups in total. The number of halogens is 2. The van der Waals surface area contributed by atoms with Gasteiger partial charge in [0.1, 0.15) is 42.6 Å². The Morgan fingerprint density at radius 3 is 1.94 bits per heavy atom. The van der Waals surface area contributed by atoms with Gasteiger partial charge in [-0.1, -0.05) is 12.2 Å². The van der Waals surface area contributed by atoms with Gasteiger partial charge < -0.3 is 33.6 Å². The maximum Gasteiger partial charge on any atom is 0.325 e. The van der Waals surface area contributed by atoms with Crippen molar-refractivity contribution in [1.82, 2.24) is 39.0 Å². The second-order valence-electron chi connectivity index (χ2n) is 11.6. The number of imidazole rings is 2. The summed E-state index contributed by atoms with van der Waals surface area (Å²) in [7, 11) is 0. The highest BCUT2D eigenvalue weighted by molar-refractivity contribution is 8.07. The summed E-state index contributed by atoms with van der Waals surface area (Å²) in [6.07, 6.45) is -1.09. The van der Waals surface area contributed by atoms with Gasteiger partial charge in [-0.25, -0.2) is 38.7 Å². The molecule has 23 heteroatoms. The summed E-state index contributed by atoms with van der Waals surface area (Å²) in [6, 6.07) is 0. The third-order valence-corrected chi connectivity index (χ3v) is 11.6. The van der Waals surface area contributed by atoms with Gasteiger partial charge in [0.05, 0.1) is 31.6 Å². The van der Waals surface area contributed by atoms with E-state index in [-0.39, 0.29) is 5.65 Å². The van der Waals surface area contributed by atoms with Crippen molar-refractivity contribution in [1.29, 1.82) is 0 Å². The molecule has 0 radical (unpaired) electrons. The molecule has 14 bridgehead atoms. The van der Waals surface area contributed by atoms with Crippen molar-refractivity contribution in [3.05, 3.63) is 43.2 Å². The molecule has 0 amide bonds. The monoisotopic (exact) mass is 759 g/mol. The molecule has 0 aliphatic carbocycles. The molecule has 0 spiro atoms. The van der Waals surface area contributed by atoms with Gasteiger partial charge in [-0.3, -0.25) is 18.2 Å². The first-order valence-corrected chi connectivity index (χ1v) is 20.4. The number of ether oxygens (including phenoxy) is 2. The van der Waals surface area contributed by atoms with Crippen LogP contribution in [-0.4, -0.2) is 105 Å². The number of rotatable bonds is 0. The number of nitrogens with one attached hydrogen (secondary N) is 1. The minimum absolute atomic E-state index is 0.256. The molecule has 17 nitrogen and oxygen atoms in total. The lowest BCUT2D eigenvalue weighted by molar-refractivity contribution is -0.0583. The number of nitrogens with zero attached hydrogens (tertiary/aromatic N) is 8. The fourth-order valence-electron chi connectivity index (χ4n) is 6.23. The first-order valence-electron chi connectivity index (χ1n) is 15.2. The fraction of sp³-hybridized carbons (Fsp3) is 0.538. The van der Waals surface area contributed by atoms with Gasteiger partial charge in [0.2, 0.25) is 0 Å². The predicted octanol–water partition coefficient (Wildman–Crippen LogP) is 2.69. The van der Waals surface area contributed by atoms with Crippen molar-refractivity contribution in [2.45, 2.75) is 68.5 Å². The van der Waals surface area contributed by atoms with E-state index >= 15 is 8.78 Å². The Kier molecular flexibility index (Phi) is 9.07. The van der Waals surface area contributed by atoms with E-state index in [1.54, 1.807) is 0 Å². The Labute approximate surface area is 286 Å². The molecule has 4 aromatic heterocycles. The fourth-order valence-corrected chi connectivity index (χ4v) is 9.10. The van der Waals surface area contributed by atoms with Gasteiger partial charge in [0.25, 0.3) is 0 Å². The Balaban J connectivity index is 1.19. The van der Waals surface area contributed by atoms with Crippen molar-refractivity contribution in [3.8, 4) is 0 Å². The molecule has 9 heterocycles. The summed E-state index contributed by atoms with van der Waals surface area (Å²) in [5.41, 5.74) is 2.02. The van der Waals surface area contributed by atoms with E-state index in [4.69, 9.17) is 51.2 Å². The molecule has 4 aromatic rings. The first kappa shape index (κ1) is 33.6. The maximum absolute atomic E-state index is 16.3. The van der Waals surface area contributed by atoms with E-state index in [9.17, 15) is 9.79 Å². The van der Waals surface area contributed by atoms with Crippen molar-refractivity contribution >= 4 is 65.2 Å². The second-order valence-corrected chi connectivity index (χ2v) is 17.2. The number of aromatic nitrogens is 8. The molecule has 3 fully saturated rings. The Hall–Kier alpha value is -2.52. The summed E-state index contributed by atoms with van der Waals surface area (Å²) in [5.74, 6) is 0.430. The lowest BCUT2D eigenvalue weighted by Crippen LogP contribution is -2.37. The molecule has 5 aliphatic heterocycles. The zero-order chi connectivity index (χ0) is 33.9. The number of allylic oxidation sites excluding steroid dienone is 1. The summed E-state index contributed by atoms with van der Waals surface area (Å²) in [5, 5.41) is 3.23. The Morgan fingerprint density at radius 2 is 1.31 bits per heavy atom. The van der Waals surface area contributed by atoms with Crippen LogP contribution in [0.5, 0.6) is 0 Å². The molecule has 262 valence electrons. The summed E-state index contributed by atoms with van der Waals surface area (Å²) in [4.78, 5) is 48.3. The zero-order valence-electron chi connectivity index (χ0n) is 25.2. The van der Waals surface area contributed by atoms with Crippen molar-refractivity contribution in [2.75, 3.05) is 25.1 Å². The Bertz CT molecular complexity index is 2010. The molecule has 5 aliphatic rings. The van der Waals surface area contributed by atoms with Crippen LogP contribution in [0.25, 0.3) is 22.3 Å². The summed E-state index contributed by atoms with van der Waals surface area (Å²) in [6.45, 7) is -9.09. The van der Waals surface area contributed by atoms with Crippen LogP contribution in [0.3, 0.4) is 0 Å². The summed E-state index contributed by atoms with van der Waals surface area (Å²) < 4.78 is 69.8. The van der Waals surface area contributed by atoms with Gasteiger partial charge >= 0.3 is 13.4 Å². The molecule has 3 unspecified atom stereocenters. The van der Waals surface area contributed by atoms with Crippen LogP contribution in [0, 0.1) is 0 Å². The van der Waals surface area contributed by atoms with E-state index in [2.05, 4.69) is 35.2 Å². The van der Waals surface area contributed by atoms with Crippen LogP contribution in [-0.2, 0) is 57.6 Å². The van der Waals surface area contributed by atoms with E-state index in [1.807, 2.05) is 12.2 Å². The van der Waals surface area contributed by atoms with Crippen LogP contribution in [0.15, 0.2) is 37.5 Å². The van der Waals surface area contributed by atoms with E-state index in [0.717, 1.165) is 0 Å². The molecule has 9 rings (SSSR count). The van der Waals surface area contributed by atoms with Crippen molar-refractivity contribution in [3.63, 3.8) is 0 Å². The normalized spacial score (nSPS) is 37.9. The van der Waals surface area contributed by atoms with Crippen molar-refractivity contribution < 1.29 is 46.1 Å².